The Morgan fingerprint density at radius 2 is 2.29 bits per heavy atom. The van der Waals surface area contributed by atoms with E-state index in [-0.39, 0.29) is 17.1 Å². The fourth-order valence-corrected chi connectivity index (χ4v) is 0.142. The van der Waals surface area contributed by atoms with Crippen molar-refractivity contribution in [3.63, 3.8) is 0 Å². The number of carbonyl (C=O) groups is 1. The number of nitrogens with two attached hydrogens (primary N) is 1. The van der Waals surface area contributed by atoms with Gasteiger partial charge < -0.3 is 10.5 Å². The maximum Gasteiger partial charge on any atom is 0.404 e. The summed E-state index contributed by atoms with van der Waals surface area (Å²) < 4.78 is 4.18. The van der Waals surface area contributed by atoms with Crippen molar-refractivity contribution in [2.75, 3.05) is 6.61 Å². The van der Waals surface area contributed by atoms with Crippen LogP contribution < -0.4 is 5.73 Å². The Bertz CT molecular complexity index is 56.9. The standard InChI is InChI=1S/C3H7NO2.Mn/c1-2-6-3(4)5;/h2H2,1H3,(H2,4,5);. The summed E-state index contributed by atoms with van der Waals surface area (Å²) >= 11 is 0. The van der Waals surface area contributed by atoms with Crippen LogP contribution in [0.4, 0.5) is 4.79 Å². The third-order valence-electron chi connectivity index (χ3n) is 0.287. The molecule has 2 N–H and O–H groups in total. The average Bonchev–Trinajstić information content (AvgIpc) is 1.35. The molecule has 0 rings (SSSR count). The van der Waals surface area contributed by atoms with Crippen molar-refractivity contribution in [1.29, 1.82) is 0 Å². The Kier molecular flexibility index (Phi) is 8.21. The molecule has 4 heteroatoms. The molecule has 0 atom stereocenters. The minimum Gasteiger partial charge on any atom is -0.450 e. The van der Waals surface area contributed by atoms with E-state index >= 15 is 0 Å². The van der Waals surface area contributed by atoms with Gasteiger partial charge in [-0.15, -0.1) is 0 Å². The molecule has 0 aliphatic carbocycles. The first-order valence-corrected chi connectivity index (χ1v) is 1.69. The zero-order valence-electron chi connectivity index (χ0n) is 3.98. The number of rotatable bonds is 1. The summed E-state index contributed by atoms with van der Waals surface area (Å²) in [5.74, 6) is 0. The van der Waals surface area contributed by atoms with Crippen LogP contribution in [0, 0.1) is 0 Å². The monoisotopic (exact) mass is 144 g/mol. The summed E-state index contributed by atoms with van der Waals surface area (Å²) in [6.07, 6.45) is -0.711. The van der Waals surface area contributed by atoms with Gasteiger partial charge in [-0.05, 0) is 6.92 Å². The van der Waals surface area contributed by atoms with E-state index in [1.807, 2.05) is 0 Å². The topological polar surface area (TPSA) is 52.3 Å². The molecule has 1 radical (unpaired) electrons. The second-order valence-corrected chi connectivity index (χ2v) is 0.752. The Hall–Kier alpha value is -0.211. The van der Waals surface area contributed by atoms with E-state index in [9.17, 15) is 4.79 Å². The molecule has 0 spiro atoms. The van der Waals surface area contributed by atoms with E-state index < -0.39 is 6.09 Å². The van der Waals surface area contributed by atoms with Crippen molar-refractivity contribution in [3.8, 4) is 0 Å². The molecule has 0 fully saturated rings. The smallest absolute Gasteiger partial charge is 0.404 e. The summed E-state index contributed by atoms with van der Waals surface area (Å²) in [7, 11) is 0. The SMILES string of the molecule is CCOC(N)=O.[Mn]. The molecule has 0 aliphatic heterocycles. The fraction of sp³-hybridized carbons (Fsp3) is 0.667. The molecular formula is C3H7MnNO2. The van der Waals surface area contributed by atoms with Gasteiger partial charge in [0.1, 0.15) is 0 Å². The normalized spacial score (nSPS) is 6.43. The Labute approximate surface area is 52.7 Å². The molecule has 1 amide bonds. The van der Waals surface area contributed by atoms with Crippen LogP contribution in [0.1, 0.15) is 6.92 Å². The van der Waals surface area contributed by atoms with Crippen LogP contribution in [0.25, 0.3) is 0 Å². The molecule has 0 heterocycles. The van der Waals surface area contributed by atoms with Crippen LogP contribution in [0.2, 0.25) is 0 Å². The summed E-state index contributed by atoms with van der Waals surface area (Å²) in [6.45, 7) is 2.06. The summed E-state index contributed by atoms with van der Waals surface area (Å²) in [5, 5.41) is 0. The number of amides is 1. The maximum atomic E-state index is 9.60. The molecule has 0 saturated carbocycles. The van der Waals surface area contributed by atoms with Crippen molar-refractivity contribution in [3.05, 3.63) is 0 Å². The quantitative estimate of drug-likeness (QED) is 0.530. The van der Waals surface area contributed by atoms with Gasteiger partial charge in [0.05, 0.1) is 6.61 Å². The molecule has 3 nitrogen and oxygen atoms in total. The predicted octanol–water partition coefficient (Wildman–Crippen LogP) is 0.0991. The fourth-order valence-electron chi connectivity index (χ4n) is 0.142. The van der Waals surface area contributed by atoms with Crippen LogP contribution in [-0.4, -0.2) is 12.7 Å². The van der Waals surface area contributed by atoms with Gasteiger partial charge in [0.15, 0.2) is 0 Å². The first kappa shape index (κ1) is 9.92. The van der Waals surface area contributed by atoms with Gasteiger partial charge in [0.2, 0.25) is 0 Å². The van der Waals surface area contributed by atoms with E-state index in [2.05, 4.69) is 10.5 Å². The van der Waals surface area contributed by atoms with Crippen LogP contribution in [0.5, 0.6) is 0 Å². The Morgan fingerprint density at radius 1 is 1.86 bits per heavy atom. The van der Waals surface area contributed by atoms with Gasteiger partial charge >= 0.3 is 6.09 Å². The molecule has 0 aromatic heterocycles. The second-order valence-electron chi connectivity index (χ2n) is 0.752. The molecule has 0 unspecified atom stereocenters. The number of hydrogen-bond acceptors (Lipinski definition) is 2. The second kappa shape index (κ2) is 5.79. The first-order valence-electron chi connectivity index (χ1n) is 1.69. The third-order valence-corrected chi connectivity index (χ3v) is 0.287. The van der Waals surface area contributed by atoms with Crippen molar-refractivity contribution in [1.82, 2.24) is 0 Å². The molecule has 43 valence electrons. The zero-order valence-corrected chi connectivity index (χ0v) is 5.16. The first-order chi connectivity index (χ1) is 2.77. The number of ether oxygens (including phenoxy) is 1. The molecule has 0 bridgehead atoms. The summed E-state index contributed by atoms with van der Waals surface area (Å²) in [6, 6.07) is 0. The van der Waals surface area contributed by atoms with Crippen LogP contribution >= 0.6 is 0 Å². The van der Waals surface area contributed by atoms with Crippen molar-refractivity contribution in [2.24, 2.45) is 5.73 Å². The van der Waals surface area contributed by atoms with E-state index in [1.165, 1.54) is 0 Å². The number of carbonyl (C=O) groups excluding carboxylic acids is 1. The van der Waals surface area contributed by atoms with Gasteiger partial charge in [-0.25, -0.2) is 4.79 Å². The molecule has 0 aromatic carbocycles. The molecule has 7 heavy (non-hydrogen) atoms. The minimum atomic E-state index is -0.711. The third kappa shape index (κ3) is 10.7. The van der Waals surface area contributed by atoms with Crippen LogP contribution in [0.15, 0.2) is 0 Å². The number of primary amides is 1. The van der Waals surface area contributed by atoms with Crippen LogP contribution in [0.3, 0.4) is 0 Å². The van der Waals surface area contributed by atoms with Crippen molar-refractivity contribution >= 4 is 6.09 Å². The molecule has 0 aliphatic rings. The van der Waals surface area contributed by atoms with Gasteiger partial charge in [-0.3, -0.25) is 0 Å². The van der Waals surface area contributed by atoms with Crippen molar-refractivity contribution in [2.45, 2.75) is 6.92 Å². The van der Waals surface area contributed by atoms with Crippen LogP contribution in [-0.2, 0) is 21.8 Å². The summed E-state index contributed by atoms with van der Waals surface area (Å²) in [5.41, 5.74) is 4.54. The van der Waals surface area contributed by atoms with Gasteiger partial charge in [0, 0.05) is 17.1 Å². The van der Waals surface area contributed by atoms with E-state index in [1.54, 1.807) is 6.92 Å². The number of hydrogen-bond donors (Lipinski definition) is 1. The minimum absolute atomic E-state index is 0. The largest absolute Gasteiger partial charge is 0.450 e. The van der Waals surface area contributed by atoms with E-state index in [4.69, 9.17) is 0 Å². The Morgan fingerprint density at radius 3 is 2.29 bits per heavy atom. The average molecular weight is 144 g/mol. The van der Waals surface area contributed by atoms with E-state index in [0.29, 0.717) is 6.61 Å². The molecule has 0 saturated heterocycles. The maximum absolute atomic E-state index is 9.60. The van der Waals surface area contributed by atoms with Gasteiger partial charge in [0.25, 0.3) is 0 Å². The van der Waals surface area contributed by atoms with Gasteiger partial charge in [-0.2, -0.15) is 0 Å². The predicted molar refractivity (Wildman–Crippen MR) is 21.2 cm³/mol. The zero-order chi connectivity index (χ0) is 4.99. The molecule has 0 aromatic rings. The Balaban J connectivity index is 0. The van der Waals surface area contributed by atoms with Crippen molar-refractivity contribution < 1.29 is 26.6 Å². The van der Waals surface area contributed by atoms with E-state index in [0.717, 1.165) is 0 Å². The summed E-state index contributed by atoms with van der Waals surface area (Å²) in [4.78, 5) is 9.60. The van der Waals surface area contributed by atoms with Gasteiger partial charge in [-0.1, -0.05) is 0 Å². The molecular weight excluding hydrogens is 137 g/mol.